The number of nitrogens with one attached hydrogen (secondary N) is 1. The van der Waals surface area contributed by atoms with Gasteiger partial charge in [-0.2, -0.15) is 0 Å². The predicted molar refractivity (Wildman–Crippen MR) is 76.0 cm³/mol. The van der Waals surface area contributed by atoms with Crippen molar-refractivity contribution >= 4 is 0 Å². The van der Waals surface area contributed by atoms with Crippen LogP contribution in [-0.4, -0.2) is 18.8 Å². The molecule has 0 aromatic heterocycles. The number of aliphatic hydroxyl groups is 1. The van der Waals surface area contributed by atoms with Crippen molar-refractivity contribution in [3.8, 4) is 5.75 Å². The third-order valence-corrected chi connectivity index (χ3v) is 3.15. The van der Waals surface area contributed by atoms with Crippen LogP contribution in [0.1, 0.15) is 17.2 Å². The Bertz CT molecular complexity index is 587. The zero-order valence-corrected chi connectivity index (χ0v) is 11.6. The Labute approximate surface area is 122 Å². The third kappa shape index (κ3) is 4.24. The van der Waals surface area contributed by atoms with Crippen LogP contribution in [0, 0.1) is 11.6 Å². The molecule has 2 rings (SSSR count). The summed E-state index contributed by atoms with van der Waals surface area (Å²) >= 11 is 0. The molecule has 0 amide bonds. The van der Waals surface area contributed by atoms with Gasteiger partial charge in [0.1, 0.15) is 17.4 Å². The van der Waals surface area contributed by atoms with E-state index in [0.717, 1.165) is 23.4 Å². The lowest BCUT2D eigenvalue weighted by Gasteiger charge is -2.13. The minimum atomic E-state index is -1.02. The van der Waals surface area contributed by atoms with Gasteiger partial charge in [-0.1, -0.05) is 18.2 Å². The molecule has 5 heteroatoms. The van der Waals surface area contributed by atoms with E-state index in [1.807, 2.05) is 24.3 Å². The standard InChI is InChI=1S/C16H17F2NO2/c1-21-13-5-2-11(3-6-13)9-19-10-16(20)14-7-4-12(17)8-15(14)18/h2-8,16,19-20H,9-10H2,1H3/t16-/m1/s1. The molecule has 0 saturated carbocycles. The fourth-order valence-corrected chi connectivity index (χ4v) is 1.98. The Morgan fingerprint density at radius 3 is 2.48 bits per heavy atom. The summed E-state index contributed by atoms with van der Waals surface area (Å²) in [5, 5.41) is 12.9. The van der Waals surface area contributed by atoms with Gasteiger partial charge in [-0.25, -0.2) is 8.78 Å². The summed E-state index contributed by atoms with van der Waals surface area (Å²) in [5.74, 6) is -0.629. The van der Waals surface area contributed by atoms with E-state index in [-0.39, 0.29) is 12.1 Å². The first-order chi connectivity index (χ1) is 10.1. The van der Waals surface area contributed by atoms with Gasteiger partial charge < -0.3 is 15.2 Å². The first-order valence-electron chi connectivity index (χ1n) is 6.57. The van der Waals surface area contributed by atoms with E-state index < -0.39 is 17.7 Å². The molecule has 0 radical (unpaired) electrons. The smallest absolute Gasteiger partial charge is 0.131 e. The lowest BCUT2D eigenvalue weighted by molar-refractivity contribution is 0.169. The van der Waals surface area contributed by atoms with Crippen molar-refractivity contribution in [2.24, 2.45) is 0 Å². The Hall–Kier alpha value is -1.98. The molecule has 0 saturated heterocycles. The van der Waals surface area contributed by atoms with E-state index in [1.165, 1.54) is 6.07 Å². The minimum absolute atomic E-state index is 0.0821. The molecule has 112 valence electrons. The average molecular weight is 293 g/mol. The summed E-state index contributed by atoms with van der Waals surface area (Å²) in [5.41, 5.74) is 1.10. The molecule has 2 N–H and O–H groups in total. The van der Waals surface area contributed by atoms with Crippen molar-refractivity contribution in [3.63, 3.8) is 0 Å². The lowest BCUT2D eigenvalue weighted by Crippen LogP contribution is -2.21. The second-order valence-electron chi connectivity index (χ2n) is 4.66. The van der Waals surface area contributed by atoms with Crippen LogP contribution in [0.4, 0.5) is 8.78 Å². The molecule has 0 aliphatic carbocycles. The highest BCUT2D eigenvalue weighted by Gasteiger charge is 2.13. The molecule has 0 spiro atoms. The van der Waals surface area contributed by atoms with Gasteiger partial charge in [-0.3, -0.25) is 0 Å². The maximum absolute atomic E-state index is 13.5. The minimum Gasteiger partial charge on any atom is -0.497 e. The SMILES string of the molecule is COc1ccc(CNC[C@@H](O)c2ccc(F)cc2F)cc1. The number of benzene rings is 2. The monoisotopic (exact) mass is 293 g/mol. The van der Waals surface area contributed by atoms with Crippen LogP contribution in [-0.2, 0) is 6.54 Å². The van der Waals surface area contributed by atoms with Crippen molar-refractivity contribution in [2.45, 2.75) is 12.6 Å². The molecule has 1 atom stereocenters. The van der Waals surface area contributed by atoms with Gasteiger partial charge in [0.15, 0.2) is 0 Å². The molecule has 0 heterocycles. The molecule has 0 aliphatic heterocycles. The molecule has 0 aliphatic rings. The van der Waals surface area contributed by atoms with Crippen LogP contribution >= 0.6 is 0 Å². The summed E-state index contributed by atoms with van der Waals surface area (Å²) in [4.78, 5) is 0. The van der Waals surface area contributed by atoms with Gasteiger partial charge in [0.2, 0.25) is 0 Å². The maximum Gasteiger partial charge on any atom is 0.131 e. The zero-order valence-electron chi connectivity index (χ0n) is 11.6. The summed E-state index contributed by atoms with van der Waals surface area (Å²) in [6.45, 7) is 0.707. The highest BCUT2D eigenvalue weighted by molar-refractivity contribution is 5.27. The lowest BCUT2D eigenvalue weighted by atomic mass is 10.1. The molecule has 0 fully saturated rings. The normalized spacial score (nSPS) is 12.2. The Morgan fingerprint density at radius 2 is 1.86 bits per heavy atom. The topological polar surface area (TPSA) is 41.5 Å². The number of aliphatic hydroxyl groups excluding tert-OH is 1. The van der Waals surface area contributed by atoms with Crippen molar-refractivity contribution < 1.29 is 18.6 Å². The van der Waals surface area contributed by atoms with Crippen LogP contribution < -0.4 is 10.1 Å². The molecule has 3 nitrogen and oxygen atoms in total. The van der Waals surface area contributed by atoms with Crippen molar-refractivity contribution in [1.82, 2.24) is 5.32 Å². The largest absolute Gasteiger partial charge is 0.497 e. The zero-order chi connectivity index (χ0) is 15.2. The fourth-order valence-electron chi connectivity index (χ4n) is 1.98. The summed E-state index contributed by atoms with van der Waals surface area (Å²) < 4.78 is 31.4. The molecular weight excluding hydrogens is 276 g/mol. The number of rotatable bonds is 6. The fraction of sp³-hybridized carbons (Fsp3) is 0.250. The molecular formula is C16H17F2NO2. The Balaban J connectivity index is 1.87. The van der Waals surface area contributed by atoms with Crippen LogP contribution in [0.15, 0.2) is 42.5 Å². The highest BCUT2D eigenvalue weighted by atomic mass is 19.1. The Morgan fingerprint density at radius 1 is 1.14 bits per heavy atom. The van der Waals surface area contributed by atoms with E-state index in [0.29, 0.717) is 6.54 Å². The third-order valence-electron chi connectivity index (χ3n) is 3.15. The summed E-state index contributed by atoms with van der Waals surface area (Å²) in [6, 6.07) is 10.6. The Kier molecular flexibility index (Phi) is 5.25. The molecule has 0 unspecified atom stereocenters. The van der Waals surface area contributed by atoms with Gasteiger partial charge in [0.05, 0.1) is 13.2 Å². The van der Waals surface area contributed by atoms with Crippen molar-refractivity contribution in [2.75, 3.05) is 13.7 Å². The second kappa shape index (κ2) is 7.15. The van der Waals surface area contributed by atoms with Gasteiger partial charge in [-0.15, -0.1) is 0 Å². The van der Waals surface area contributed by atoms with Gasteiger partial charge in [0, 0.05) is 24.7 Å². The number of halogens is 2. The van der Waals surface area contributed by atoms with Gasteiger partial charge in [-0.05, 0) is 23.8 Å². The number of methoxy groups -OCH3 is 1. The summed E-state index contributed by atoms with van der Waals surface area (Å²) in [7, 11) is 1.60. The van der Waals surface area contributed by atoms with Crippen LogP contribution in [0.25, 0.3) is 0 Å². The van der Waals surface area contributed by atoms with E-state index in [9.17, 15) is 13.9 Å². The maximum atomic E-state index is 13.5. The van der Waals surface area contributed by atoms with E-state index in [4.69, 9.17) is 4.74 Å². The average Bonchev–Trinajstić information content (AvgIpc) is 2.47. The number of hydrogen-bond acceptors (Lipinski definition) is 3. The first-order valence-corrected chi connectivity index (χ1v) is 6.57. The predicted octanol–water partition coefficient (Wildman–Crippen LogP) is 2.80. The quantitative estimate of drug-likeness (QED) is 0.860. The molecule has 2 aromatic rings. The number of ether oxygens (including phenoxy) is 1. The van der Waals surface area contributed by atoms with E-state index in [1.54, 1.807) is 7.11 Å². The molecule has 0 bridgehead atoms. The van der Waals surface area contributed by atoms with E-state index >= 15 is 0 Å². The van der Waals surface area contributed by atoms with Crippen LogP contribution in [0.2, 0.25) is 0 Å². The van der Waals surface area contributed by atoms with Crippen molar-refractivity contribution in [1.29, 1.82) is 0 Å². The second-order valence-corrected chi connectivity index (χ2v) is 4.66. The van der Waals surface area contributed by atoms with Gasteiger partial charge in [0.25, 0.3) is 0 Å². The summed E-state index contributed by atoms with van der Waals surface area (Å²) in [6.07, 6.45) is -1.02. The van der Waals surface area contributed by atoms with Crippen LogP contribution in [0.5, 0.6) is 5.75 Å². The van der Waals surface area contributed by atoms with E-state index in [2.05, 4.69) is 5.32 Å². The highest BCUT2D eigenvalue weighted by Crippen LogP contribution is 2.17. The van der Waals surface area contributed by atoms with Crippen molar-refractivity contribution in [3.05, 3.63) is 65.2 Å². The van der Waals surface area contributed by atoms with Gasteiger partial charge >= 0.3 is 0 Å². The molecule has 21 heavy (non-hydrogen) atoms. The first kappa shape index (κ1) is 15.4. The molecule has 2 aromatic carbocycles. The number of hydrogen-bond donors (Lipinski definition) is 2. The van der Waals surface area contributed by atoms with Crippen LogP contribution in [0.3, 0.4) is 0 Å².